The van der Waals surface area contributed by atoms with E-state index in [2.05, 4.69) is 41.4 Å². The summed E-state index contributed by atoms with van der Waals surface area (Å²) in [4.78, 5) is 0. The Balaban J connectivity index is 1.73. The molecule has 0 atom stereocenters. The van der Waals surface area contributed by atoms with Crippen LogP contribution in [-0.4, -0.2) is 26.5 Å². The van der Waals surface area contributed by atoms with Crippen LogP contribution in [0.15, 0.2) is 24.7 Å². The highest BCUT2D eigenvalue weighted by Gasteiger charge is 2.19. The number of aryl methyl sites for hydroxylation is 1. The maximum absolute atomic E-state index is 4.18. The highest BCUT2D eigenvalue weighted by molar-refractivity contribution is 5.23. The molecule has 5 nitrogen and oxygen atoms in total. The third kappa shape index (κ3) is 3.92. The minimum Gasteiger partial charge on any atom is -0.312 e. The molecule has 2 N–H and O–H groups in total. The summed E-state index contributed by atoms with van der Waals surface area (Å²) in [6.45, 7) is 9.39. The van der Waals surface area contributed by atoms with Gasteiger partial charge in [-0.2, -0.15) is 10.2 Å². The van der Waals surface area contributed by atoms with Crippen LogP contribution in [0.4, 0.5) is 0 Å². The van der Waals surface area contributed by atoms with E-state index >= 15 is 0 Å². The zero-order valence-corrected chi connectivity index (χ0v) is 12.0. The van der Waals surface area contributed by atoms with E-state index in [1.165, 1.54) is 11.3 Å². The predicted octanol–water partition coefficient (Wildman–Crippen LogP) is 2.08. The summed E-state index contributed by atoms with van der Waals surface area (Å²) < 4.78 is 1.96. The Morgan fingerprint density at radius 3 is 2.89 bits per heavy atom. The molecule has 0 saturated carbocycles. The van der Waals surface area contributed by atoms with Gasteiger partial charge in [0.25, 0.3) is 0 Å². The first kappa shape index (κ1) is 13.8. The number of rotatable bonds is 6. The van der Waals surface area contributed by atoms with E-state index in [-0.39, 0.29) is 5.41 Å². The smallest absolute Gasteiger partial charge is 0.0535 e. The van der Waals surface area contributed by atoms with E-state index in [0.717, 1.165) is 26.1 Å². The van der Waals surface area contributed by atoms with Gasteiger partial charge in [-0.05, 0) is 19.0 Å². The Morgan fingerprint density at radius 2 is 2.21 bits per heavy atom. The van der Waals surface area contributed by atoms with Crippen LogP contribution in [0.2, 0.25) is 0 Å². The SMILES string of the molecule is CC(C)(C)c1[nH]ncc1CNCCCn1cccn1. The van der Waals surface area contributed by atoms with Crippen LogP contribution in [0.1, 0.15) is 38.4 Å². The van der Waals surface area contributed by atoms with Gasteiger partial charge in [-0.3, -0.25) is 9.78 Å². The topological polar surface area (TPSA) is 58.5 Å². The predicted molar refractivity (Wildman–Crippen MR) is 75.8 cm³/mol. The van der Waals surface area contributed by atoms with E-state index in [9.17, 15) is 0 Å². The van der Waals surface area contributed by atoms with Crippen molar-refractivity contribution in [3.05, 3.63) is 35.9 Å². The summed E-state index contributed by atoms with van der Waals surface area (Å²) in [5.41, 5.74) is 2.58. The summed E-state index contributed by atoms with van der Waals surface area (Å²) in [6, 6.07) is 1.95. The lowest BCUT2D eigenvalue weighted by Crippen LogP contribution is -2.20. The molecule has 0 aliphatic heterocycles. The lowest BCUT2D eigenvalue weighted by Gasteiger charge is -2.18. The fourth-order valence-electron chi connectivity index (χ4n) is 2.12. The number of aromatic amines is 1. The van der Waals surface area contributed by atoms with E-state index in [4.69, 9.17) is 0 Å². The second kappa shape index (κ2) is 6.02. The first-order chi connectivity index (χ1) is 9.07. The summed E-state index contributed by atoms with van der Waals surface area (Å²) in [7, 11) is 0. The number of hydrogen-bond donors (Lipinski definition) is 2. The molecule has 0 bridgehead atoms. The minimum absolute atomic E-state index is 0.114. The van der Waals surface area contributed by atoms with Gasteiger partial charge in [0.1, 0.15) is 0 Å². The minimum atomic E-state index is 0.114. The van der Waals surface area contributed by atoms with Crippen LogP contribution < -0.4 is 5.32 Å². The maximum atomic E-state index is 4.18. The third-order valence-corrected chi connectivity index (χ3v) is 3.08. The summed E-state index contributed by atoms with van der Waals surface area (Å²) in [6.07, 6.45) is 6.80. The van der Waals surface area contributed by atoms with Gasteiger partial charge < -0.3 is 5.32 Å². The number of hydrogen-bond acceptors (Lipinski definition) is 3. The first-order valence-electron chi connectivity index (χ1n) is 6.78. The van der Waals surface area contributed by atoms with Gasteiger partial charge in [0, 0.05) is 42.2 Å². The number of aromatic nitrogens is 4. The first-order valence-corrected chi connectivity index (χ1v) is 6.78. The fourth-order valence-corrected chi connectivity index (χ4v) is 2.12. The van der Waals surface area contributed by atoms with Gasteiger partial charge in [0.2, 0.25) is 0 Å². The van der Waals surface area contributed by atoms with Gasteiger partial charge in [0.15, 0.2) is 0 Å². The Kier molecular flexibility index (Phi) is 4.37. The molecule has 0 aliphatic rings. The molecule has 2 aromatic heterocycles. The van der Waals surface area contributed by atoms with Crippen molar-refractivity contribution >= 4 is 0 Å². The van der Waals surface area contributed by atoms with Crippen molar-refractivity contribution in [3.8, 4) is 0 Å². The van der Waals surface area contributed by atoms with Gasteiger partial charge in [0.05, 0.1) is 6.20 Å². The molecule has 2 rings (SSSR count). The highest BCUT2D eigenvalue weighted by atomic mass is 15.3. The quantitative estimate of drug-likeness (QED) is 0.783. The van der Waals surface area contributed by atoms with Crippen molar-refractivity contribution in [3.63, 3.8) is 0 Å². The molecule has 5 heteroatoms. The van der Waals surface area contributed by atoms with E-state index in [1.807, 2.05) is 29.3 Å². The van der Waals surface area contributed by atoms with Crippen LogP contribution in [0.3, 0.4) is 0 Å². The maximum Gasteiger partial charge on any atom is 0.0535 e. The zero-order chi connectivity index (χ0) is 13.7. The van der Waals surface area contributed by atoms with Crippen LogP contribution in [-0.2, 0) is 18.5 Å². The summed E-state index contributed by atoms with van der Waals surface area (Å²) in [5.74, 6) is 0. The van der Waals surface area contributed by atoms with Crippen LogP contribution in [0.25, 0.3) is 0 Å². The van der Waals surface area contributed by atoms with Gasteiger partial charge in [-0.15, -0.1) is 0 Å². The van der Waals surface area contributed by atoms with Crippen molar-refractivity contribution in [1.82, 2.24) is 25.3 Å². The molecule has 19 heavy (non-hydrogen) atoms. The average molecular weight is 261 g/mol. The molecule has 0 radical (unpaired) electrons. The Hall–Kier alpha value is -1.62. The Labute approximate surface area is 114 Å². The normalized spacial score (nSPS) is 11.9. The van der Waals surface area contributed by atoms with Crippen molar-refractivity contribution in [2.75, 3.05) is 6.54 Å². The molecule has 2 heterocycles. The molecule has 2 aromatic rings. The Bertz CT molecular complexity index is 478. The second-order valence-corrected chi connectivity index (χ2v) is 5.82. The molecule has 0 spiro atoms. The van der Waals surface area contributed by atoms with Gasteiger partial charge in [-0.25, -0.2) is 0 Å². The third-order valence-electron chi connectivity index (χ3n) is 3.08. The van der Waals surface area contributed by atoms with Crippen molar-refractivity contribution in [2.24, 2.45) is 0 Å². The molecular weight excluding hydrogens is 238 g/mol. The van der Waals surface area contributed by atoms with Gasteiger partial charge in [-0.1, -0.05) is 20.8 Å². The van der Waals surface area contributed by atoms with Crippen molar-refractivity contribution in [2.45, 2.75) is 45.7 Å². The van der Waals surface area contributed by atoms with Gasteiger partial charge >= 0.3 is 0 Å². The van der Waals surface area contributed by atoms with Crippen molar-refractivity contribution < 1.29 is 0 Å². The summed E-state index contributed by atoms with van der Waals surface area (Å²) >= 11 is 0. The lowest BCUT2D eigenvalue weighted by atomic mass is 9.89. The molecule has 0 unspecified atom stereocenters. The molecule has 0 aromatic carbocycles. The van der Waals surface area contributed by atoms with E-state index < -0.39 is 0 Å². The molecular formula is C14H23N5. The number of H-pyrrole nitrogens is 1. The summed E-state index contributed by atoms with van der Waals surface area (Å²) in [5, 5.41) is 14.9. The second-order valence-electron chi connectivity index (χ2n) is 5.82. The van der Waals surface area contributed by atoms with E-state index in [1.54, 1.807) is 0 Å². The van der Waals surface area contributed by atoms with Crippen LogP contribution in [0, 0.1) is 0 Å². The van der Waals surface area contributed by atoms with Crippen LogP contribution >= 0.6 is 0 Å². The monoisotopic (exact) mass is 261 g/mol. The molecule has 0 saturated heterocycles. The molecule has 104 valence electrons. The lowest BCUT2D eigenvalue weighted by molar-refractivity contribution is 0.531. The number of nitrogens with zero attached hydrogens (tertiary/aromatic N) is 3. The molecule has 0 amide bonds. The number of nitrogens with one attached hydrogen (secondary N) is 2. The highest BCUT2D eigenvalue weighted by Crippen LogP contribution is 2.23. The molecule has 0 fully saturated rings. The fraction of sp³-hybridized carbons (Fsp3) is 0.571. The largest absolute Gasteiger partial charge is 0.312 e. The van der Waals surface area contributed by atoms with Crippen molar-refractivity contribution in [1.29, 1.82) is 0 Å². The van der Waals surface area contributed by atoms with E-state index in [0.29, 0.717) is 0 Å². The van der Waals surface area contributed by atoms with Crippen LogP contribution in [0.5, 0.6) is 0 Å². The average Bonchev–Trinajstić information content (AvgIpc) is 2.97. The Morgan fingerprint density at radius 1 is 1.37 bits per heavy atom. The standard InChI is InChI=1S/C14H23N5/c1-14(2,3)13-12(11-16-18-13)10-15-6-4-8-19-9-5-7-17-19/h5,7,9,11,15H,4,6,8,10H2,1-3H3,(H,16,18). The zero-order valence-electron chi connectivity index (χ0n) is 12.0. The molecule has 0 aliphatic carbocycles.